The highest BCUT2D eigenvalue weighted by molar-refractivity contribution is 7.90. The van der Waals surface area contributed by atoms with Crippen LogP contribution >= 0.6 is 0 Å². The quantitative estimate of drug-likeness (QED) is 0.502. The normalized spacial score (nSPS) is 11.4. The van der Waals surface area contributed by atoms with Crippen molar-refractivity contribution < 1.29 is 17.9 Å². The van der Waals surface area contributed by atoms with Crippen LogP contribution in [0.2, 0.25) is 0 Å². The molecule has 6 nitrogen and oxygen atoms in total. The molecule has 0 radical (unpaired) electrons. The number of hydrogen-bond donors (Lipinski definition) is 2. The largest absolute Gasteiger partial charge is 0.383 e. The van der Waals surface area contributed by atoms with Gasteiger partial charge in [-0.15, -0.1) is 0 Å². The summed E-state index contributed by atoms with van der Waals surface area (Å²) in [5, 5.41) is 5.68. The fourth-order valence-electron chi connectivity index (χ4n) is 0.956. The maximum absolute atomic E-state index is 11.2. The van der Waals surface area contributed by atoms with E-state index in [2.05, 4.69) is 10.6 Å². The number of ether oxygens (including phenoxy) is 1. The Kier molecular flexibility index (Phi) is 8.14. The Morgan fingerprint density at radius 3 is 2.50 bits per heavy atom. The average Bonchev–Trinajstić information content (AvgIpc) is 2.19. The predicted octanol–water partition coefficient (Wildman–Crippen LogP) is -1.23. The van der Waals surface area contributed by atoms with Crippen molar-refractivity contribution in [3.8, 4) is 0 Å². The molecule has 0 aromatic rings. The summed E-state index contributed by atoms with van der Waals surface area (Å²) >= 11 is 0. The minimum Gasteiger partial charge on any atom is -0.383 e. The molecule has 0 heterocycles. The van der Waals surface area contributed by atoms with E-state index in [1.165, 1.54) is 0 Å². The minimum atomic E-state index is -3.05. The third-order valence-corrected chi connectivity index (χ3v) is 2.75. The minimum absolute atomic E-state index is 0.0247. The predicted molar refractivity (Wildman–Crippen MR) is 62.1 cm³/mol. The second-order valence-corrected chi connectivity index (χ2v) is 5.73. The molecule has 0 spiro atoms. The summed E-state index contributed by atoms with van der Waals surface area (Å²) in [5.74, 6) is -0.338. The molecule has 16 heavy (non-hydrogen) atoms. The van der Waals surface area contributed by atoms with Gasteiger partial charge in [0.2, 0.25) is 5.91 Å². The molecule has 96 valence electrons. The zero-order valence-corrected chi connectivity index (χ0v) is 10.6. The van der Waals surface area contributed by atoms with E-state index in [1.807, 2.05) is 0 Å². The molecule has 0 aliphatic heterocycles. The smallest absolute Gasteiger partial charge is 0.221 e. The lowest BCUT2D eigenvalue weighted by Gasteiger charge is -2.06. The molecule has 0 atom stereocenters. The highest BCUT2D eigenvalue weighted by Crippen LogP contribution is 1.88. The maximum atomic E-state index is 11.2. The maximum Gasteiger partial charge on any atom is 0.221 e. The Bertz CT molecular complexity index is 290. The second-order valence-electron chi connectivity index (χ2n) is 3.47. The van der Waals surface area contributed by atoms with Gasteiger partial charge in [-0.1, -0.05) is 0 Å². The van der Waals surface area contributed by atoms with Crippen LogP contribution in [0.5, 0.6) is 0 Å². The molecular formula is C9H20N2O4S. The number of hydrogen-bond acceptors (Lipinski definition) is 5. The average molecular weight is 252 g/mol. The summed E-state index contributed by atoms with van der Waals surface area (Å²) in [6.07, 6.45) is 1.14. The van der Waals surface area contributed by atoms with E-state index in [4.69, 9.17) is 4.74 Å². The standard InChI is InChI=1S/C9H20N2O4S/c1-15-7-6-10-4-5-11-9(12)3-8-16(2,13)14/h10H,3-8H2,1-2H3,(H,11,12). The summed E-state index contributed by atoms with van der Waals surface area (Å²) in [6, 6.07) is 0. The van der Waals surface area contributed by atoms with Crippen molar-refractivity contribution >= 4 is 15.7 Å². The van der Waals surface area contributed by atoms with Crippen molar-refractivity contribution in [1.29, 1.82) is 0 Å². The number of rotatable bonds is 9. The van der Waals surface area contributed by atoms with Crippen LogP contribution in [-0.2, 0) is 19.4 Å². The highest BCUT2D eigenvalue weighted by atomic mass is 32.2. The van der Waals surface area contributed by atoms with Crippen molar-refractivity contribution in [2.75, 3.05) is 45.4 Å². The Morgan fingerprint density at radius 1 is 1.25 bits per heavy atom. The molecule has 0 aliphatic rings. The van der Waals surface area contributed by atoms with Crippen LogP contribution in [0.15, 0.2) is 0 Å². The van der Waals surface area contributed by atoms with Crippen LogP contribution in [0.4, 0.5) is 0 Å². The zero-order chi connectivity index (χ0) is 12.4. The molecule has 7 heteroatoms. The molecular weight excluding hydrogens is 232 g/mol. The topological polar surface area (TPSA) is 84.5 Å². The number of nitrogens with one attached hydrogen (secondary N) is 2. The number of methoxy groups -OCH3 is 1. The SMILES string of the molecule is COCCNCCNC(=O)CCS(C)(=O)=O. The van der Waals surface area contributed by atoms with E-state index >= 15 is 0 Å². The van der Waals surface area contributed by atoms with Crippen molar-refractivity contribution in [2.24, 2.45) is 0 Å². The van der Waals surface area contributed by atoms with Gasteiger partial charge >= 0.3 is 0 Å². The first-order chi connectivity index (χ1) is 7.45. The summed E-state index contributed by atoms with van der Waals surface area (Å²) in [5.41, 5.74) is 0. The van der Waals surface area contributed by atoms with Gasteiger partial charge in [0.25, 0.3) is 0 Å². The van der Waals surface area contributed by atoms with Crippen LogP contribution in [0.3, 0.4) is 0 Å². The van der Waals surface area contributed by atoms with Crippen molar-refractivity contribution in [1.82, 2.24) is 10.6 Å². The van der Waals surface area contributed by atoms with E-state index < -0.39 is 9.84 Å². The molecule has 0 saturated heterocycles. The Hall–Kier alpha value is -0.660. The molecule has 0 aliphatic carbocycles. The molecule has 0 saturated carbocycles. The summed E-state index contributed by atoms with van der Waals surface area (Å²) in [4.78, 5) is 11.2. The number of carbonyl (C=O) groups is 1. The van der Waals surface area contributed by atoms with E-state index in [9.17, 15) is 13.2 Å². The lowest BCUT2D eigenvalue weighted by molar-refractivity contribution is -0.120. The van der Waals surface area contributed by atoms with Crippen LogP contribution in [0, 0.1) is 0 Å². The molecule has 0 aromatic carbocycles. The third kappa shape index (κ3) is 11.4. The van der Waals surface area contributed by atoms with Gasteiger partial charge in [0.1, 0.15) is 9.84 Å². The third-order valence-electron chi connectivity index (χ3n) is 1.81. The van der Waals surface area contributed by atoms with Gasteiger partial charge in [0.05, 0.1) is 12.4 Å². The van der Waals surface area contributed by atoms with Gasteiger partial charge in [-0.2, -0.15) is 0 Å². The monoisotopic (exact) mass is 252 g/mol. The number of carbonyl (C=O) groups excluding carboxylic acids is 1. The molecule has 0 unspecified atom stereocenters. The zero-order valence-electron chi connectivity index (χ0n) is 9.78. The fraction of sp³-hybridized carbons (Fsp3) is 0.889. The molecule has 0 bridgehead atoms. The first-order valence-corrected chi connectivity index (χ1v) is 7.16. The number of sulfone groups is 1. The number of amides is 1. The van der Waals surface area contributed by atoms with E-state index in [1.54, 1.807) is 7.11 Å². The summed E-state index contributed by atoms with van der Waals surface area (Å²) in [6.45, 7) is 2.50. The van der Waals surface area contributed by atoms with Gasteiger partial charge in [-0.3, -0.25) is 4.79 Å². The van der Waals surface area contributed by atoms with Gasteiger partial charge in [-0.05, 0) is 0 Å². The van der Waals surface area contributed by atoms with Crippen LogP contribution in [-0.4, -0.2) is 59.7 Å². The molecule has 0 rings (SSSR count). The molecule has 2 N–H and O–H groups in total. The Labute approximate surface area is 96.7 Å². The van der Waals surface area contributed by atoms with Crippen LogP contribution in [0.1, 0.15) is 6.42 Å². The van der Waals surface area contributed by atoms with Crippen LogP contribution < -0.4 is 10.6 Å². The van der Waals surface area contributed by atoms with Gasteiger partial charge in [-0.25, -0.2) is 8.42 Å². The first kappa shape index (κ1) is 15.3. The lowest BCUT2D eigenvalue weighted by Crippen LogP contribution is -2.33. The fourth-order valence-corrected chi connectivity index (χ4v) is 1.51. The Balaban J connectivity index is 3.38. The van der Waals surface area contributed by atoms with Crippen molar-refractivity contribution in [3.63, 3.8) is 0 Å². The molecule has 0 aromatic heterocycles. The Morgan fingerprint density at radius 2 is 1.94 bits per heavy atom. The van der Waals surface area contributed by atoms with Crippen molar-refractivity contribution in [2.45, 2.75) is 6.42 Å². The van der Waals surface area contributed by atoms with E-state index in [0.717, 1.165) is 12.8 Å². The molecule has 0 fully saturated rings. The second kappa shape index (κ2) is 8.49. The van der Waals surface area contributed by atoms with Crippen molar-refractivity contribution in [3.05, 3.63) is 0 Å². The van der Waals surface area contributed by atoms with E-state index in [0.29, 0.717) is 19.7 Å². The first-order valence-electron chi connectivity index (χ1n) is 5.10. The van der Waals surface area contributed by atoms with Gasteiger partial charge < -0.3 is 15.4 Å². The van der Waals surface area contributed by atoms with E-state index in [-0.39, 0.29) is 18.1 Å². The summed E-state index contributed by atoms with van der Waals surface area (Å²) in [7, 11) is -1.44. The highest BCUT2D eigenvalue weighted by Gasteiger charge is 2.06. The molecule has 1 amide bonds. The van der Waals surface area contributed by atoms with Gasteiger partial charge in [0, 0.05) is 39.4 Å². The van der Waals surface area contributed by atoms with Crippen LogP contribution in [0.25, 0.3) is 0 Å². The summed E-state index contributed by atoms with van der Waals surface area (Å²) < 4.78 is 26.4. The lowest BCUT2D eigenvalue weighted by atomic mass is 10.4. The van der Waals surface area contributed by atoms with Gasteiger partial charge in [0.15, 0.2) is 0 Å².